The van der Waals surface area contributed by atoms with Gasteiger partial charge in [-0.2, -0.15) is 0 Å². The first-order valence-corrected chi connectivity index (χ1v) is 6.99. The van der Waals surface area contributed by atoms with Crippen molar-refractivity contribution >= 4 is 0 Å². The van der Waals surface area contributed by atoms with Crippen LogP contribution in [-0.4, -0.2) is 80.1 Å². The predicted octanol–water partition coefficient (Wildman–Crippen LogP) is -0.439. The lowest BCUT2D eigenvalue weighted by Crippen LogP contribution is -2.63. The van der Waals surface area contributed by atoms with Gasteiger partial charge in [-0.25, -0.2) is 10.0 Å². The van der Waals surface area contributed by atoms with Crippen LogP contribution in [-0.2, 0) is 4.74 Å². The number of likely N-dealkylation sites (tertiary alicyclic amines) is 1. The average molecular weight is 240 g/mol. The van der Waals surface area contributed by atoms with E-state index in [-0.39, 0.29) is 0 Å². The Labute approximate surface area is 104 Å². The molecule has 1 unspecified atom stereocenters. The van der Waals surface area contributed by atoms with Crippen LogP contribution in [0, 0.1) is 0 Å². The van der Waals surface area contributed by atoms with Crippen LogP contribution in [0.2, 0.25) is 0 Å². The lowest BCUT2D eigenvalue weighted by Gasteiger charge is -2.47. The molecule has 0 saturated carbocycles. The summed E-state index contributed by atoms with van der Waals surface area (Å²) in [6, 6.07) is 0. The van der Waals surface area contributed by atoms with Crippen LogP contribution in [0.4, 0.5) is 0 Å². The second-order valence-electron chi connectivity index (χ2n) is 5.17. The first-order chi connectivity index (χ1) is 8.45. The molecule has 0 spiro atoms. The van der Waals surface area contributed by atoms with Crippen molar-refractivity contribution in [3.8, 4) is 0 Å². The van der Waals surface area contributed by atoms with E-state index in [1.54, 1.807) is 0 Å². The van der Waals surface area contributed by atoms with Gasteiger partial charge >= 0.3 is 0 Å². The van der Waals surface area contributed by atoms with Gasteiger partial charge in [-0.3, -0.25) is 4.90 Å². The largest absolute Gasteiger partial charge is 0.377 e. The molecule has 1 atom stereocenters. The van der Waals surface area contributed by atoms with Crippen LogP contribution in [0.25, 0.3) is 0 Å². The number of hydrazine groups is 1. The zero-order chi connectivity index (χ0) is 11.5. The van der Waals surface area contributed by atoms with Gasteiger partial charge in [0.25, 0.3) is 0 Å². The third-order valence-electron chi connectivity index (χ3n) is 4.09. The number of nitrogens with one attached hydrogen (secondary N) is 1. The Morgan fingerprint density at radius 2 is 1.71 bits per heavy atom. The maximum Gasteiger partial charge on any atom is 0.0998 e. The molecule has 3 saturated heterocycles. The van der Waals surface area contributed by atoms with Crippen molar-refractivity contribution in [2.45, 2.75) is 19.0 Å². The highest BCUT2D eigenvalue weighted by atomic mass is 16.5. The quantitative estimate of drug-likeness (QED) is 0.707. The van der Waals surface area contributed by atoms with Crippen molar-refractivity contribution < 1.29 is 4.74 Å². The van der Waals surface area contributed by atoms with Crippen molar-refractivity contribution in [1.82, 2.24) is 20.2 Å². The minimum atomic E-state index is 0.490. The van der Waals surface area contributed by atoms with Crippen LogP contribution in [0.1, 0.15) is 12.8 Å². The van der Waals surface area contributed by atoms with Gasteiger partial charge in [-0.1, -0.05) is 0 Å². The lowest BCUT2D eigenvalue weighted by molar-refractivity contribution is -0.174. The fraction of sp³-hybridized carbons (Fsp3) is 1.00. The molecule has 0 radical (unpaired) electrons. The third kappa shape index (κ3) is 2.63. The summed E-state index contributed by atoms with van der Waals surface area (Å²) in [7, 11) is 0. The van der Waals surface area contributed by atoms with Gasteiger partial charge in [0.05, 0.1) is 19.4 Å². The van der Waals surface area contributed by atoms with E-state index >= 15 is 0 Å². The highest BCUT2D eigenvalue weighted by Gasteiger charge is 2.33. The monoisotopic (exact) mass is 240 g/mol. The minimum absolute atomic E-state index is 0.490. The smallest absolute Gasteiger partial charge is 0.0998 e. The first-order valence-electron chi connectivity index (χ1n) is 6.99. The topological polar surface area (TPSA) is 31.0 Å². The number of piperazine rings is 1. The van der Waals surface area contributed by atoms with Crippen LogP contribution in [0.3, 0.4) is 0 Å². The van der Waals surface area contributed by atoms with Gasteiger partial charge in [0, 0.05) is 32.7 Å². The van der Waals surface area contributed by atoms with Crippen LogP contribution in [0.15, 0.2) is 0 Å². The fourth-order valence-electron chi connectivity index (χ4n) is 3.16. The van der Waals surface area contributed by atoms with E-state index in [2.05, 4.69) is 20.2 Å². The molecule has 0 bridgehead atoms. The summed E-state index contributed by atoms with van der Waals surface area (Å²) in [5.74, 6) is 0. The van der Waals surface area contributed by atoms with E-state index in [0.29, 0.717) is 6.17 Å². The zero-order valence-corrected chi connectivity index (χ0v) is 10.6. The number of morpholine rings is 1. The molecule has 0 aliphatic carbocycles. The standard InChI is InChI=1S/C12H24N4O/c1-2-6-14(5-1)12-11-17-10-9-16(12)15-7-3-13-4-8-15/h12-13H,1-11H2. The molecule has 17 heavy (non-hydrogen) atoms. The molecule has 0 aromatic carbocycles. The van der Waals surface area contributed by atoms with Crippen LogP contribution >= 0.6 is 0 Å². The van der Waals surface area contributed by atoms with Crippen molar-refractivity contribution in [2.75, 3.05) is 59.0 Å². The normalized spacial score (nSPS) is 34.2. The molecule has 3 heterocycles. The van der Waals surface area contributed by atoms with E-state index in [4.69, 9.17) is 4.74 Å². The summed E-state index contributed by atoms with van der Waals surface area (Å²) in [4.78, 5) is 2.60. The highest BCUT2D eigenvalue weighted by molar-refractivity contribution is 4.80. The van der Waals surface area contributed by atoms with E-state index in [0.717, 1.165) is 45.9 Å². The maximum atomic E-state index is 5.69. The molecule has 0 aromatic rings. The molecule has 5 nitrogen and oxygen atoms in total. The van der Waals surface area contributed by atoms with Crippen molar-refractivity contribution in [3.63, 3.8) is 0 Å². The summed E-state index contributed by atoms with van der Waals surface area (Å²) in [5, 5.41) is 8.52. The molecule has 98 valence electrons. The van der Waals surface area contributed by atoms with Gasteiger partial charge in [0.15, 0.2) is 0 Å². The molecule has 1 N–H and O–H groups in total. The average Bonchev–Trinajstić information content (AvgIpc) is 2.94. The Balaban J connectivity index is 1.65. The lowest BCUT2D eigenvalue weighted by atomic mass is 10.3. The van der Waals surface area contributed by atoms with Gasteiger partial charge in [-0.05, 0) is 25.9 Å². The number of nitrogens with zero attached hydrogens (tertiary/aromatic N) is 3. The summed E-state index contributed by atoms with van der Waals surface area (Å²) >= 11 is 0. The molecule has 3 fully saturated rings. The maximum absolute atomic E-state index is 5.69. The molecular weight excluding hydrogens is 216 g/mol. The van der Waals surface area contributed by atoms with Crippen molar-refractivity contribution in [3.05, 3.63) is 0 Å². The number of rotatable bonds is 2. The van der Waals surface area contributed by atoms with Gasteiger partial charge in [0.1, 0.15) is 0 Å². The Morgan fingerprint density at radius 1 is 0.941 bits per heavy atom. The third-order valence-corrected chi connectivity index (χ3v) is 4.09. The highest BCUT2D eigenvalue weighted by Crippen LogP contribution is 2.19. The molecule has 3 aliphatic rings. The zero-order valence-electron chi connectivity index (χ0n) is 10.6. The number of hydrogen-bond acceptors (Lipinski definition) is 5. The summed E-state index contributed by atoms with van der Waals surface area (Å²) in [6.07, 6.45) is 3.20. The minimum Gasteiger partial charge on any atom is -0.377 e. The summed E-state index contributed by atoms with van der Waals surface area (Å²) < 4.78 is 5.69. The van der Waals surface area contributed by atoms with E-state index < -0.39 is 0 Å². The predicted molar refractivity (Wildman–Crippen MR) is 66.6 cm³/mol. The molecule has 0 amide bonds. The molecule has 3 rings (SSSR count). The van der Waals surface area contributed by atoms with Crippen LogP contribution in [0.5, 0.6) is 0 Å². The Morgan fingerprint density at radius 3 is 2.47 bits per heavy atom. The molecular formula is C12H24N4O. The van der Waals surface area contributed by atoms with Crippen molar-refractivity contribution in [1.29, 1.82) is 0 Å². The summed E-state index contributed by atoms with van der Waals surface area (Å²) in [6.45, 7) is 9.83. The SMILES string of the molecule is C1CCN(C2COCCN2N2CCNCC2)C1. The van der Waals surface area contributed by atoms with E-state index in [1.165, 1.54) is 25.9 Å². The van der Waals surface area contributed by atoms with Crippen molar-refractivity contribution in [2.24, 2.45) is 0 Å². The number of ether oxygens (including phenoxy) is 1. The second-order valence-corrected chi connectivity index (χ2v) is 5.17. The van der Waals surface area contributed by atoms with Crippen LogP contribution < -0.4 is 5.32 Å². The Bertz CT molecular complexity index is 239. The number of hydrogen-bond donors (Lipinski definition) is 1. The van der Waals surface area contributed by atoms with E-state index in [1.807, 2.05) is 0 Å². The Hall–Kier alpha value is -0.200. The van der Waals surface area contributed by atoms with Gasteiger partial charge < -0.3 is 10.1 Å². The van der Waals surface area contributed by atoms with Gasteiger partial charge in [-0.15, -0.1) is 0 Å². The Kier molecular flexibility index (Phi) is 3.93. The molecule has 0 aromatic heterocycles. The summed E-state index contributed by atoms with van der Waals surface area (Å²) in [5.41, 5.74) is 0. The van der Waals surface area contributed by atoms with E-state index in [9.17, 15) is 0 Å². The second kappa shape index (κ2) is 5.63. The first kappa shape index (κ1) is 11.9. The molecule has 5 heteroatoms. The molecule has 3 aliphatic heterocycles. The van der Waals surface area contributed by atoms with Gasteiger partial charge in [0.2, 0.25) is 0 Å². The fourth-order valence-corrected chi connectivity index (χ4v) is 3.16.